The molecule has 4 heteroatoms. The molecule has 0 radical (unpaired) electrons. The van der Waals surface area contributed by atoms with Crippen LogP contribution in [0.15, 0.2) is 18.2 Å². The summed E-state index contributed by atoms with van der Waals surface area (Å²) in [5.74, 6) is -0.965. The number of nitrogens with two attached hydrogens (primary N) is 2. The van der Waals surface area contributed by atoms with Crippen molar-refractivity contribution < 1.29 is 9.90 Å². The van der Waals surface area contributed by atoms with Gasteiger partial charge >= 0.3 is 5.97 Å². The van der Waals surface area contributed by atoms with Gasteiger partial charge in [0.15, 0.2) is 0 Å². The Balaban J connectivity index is 3.29. The molecule has 1 rings (SSSR count). The second-order valence-electron chi connectivity index (χ2n) is 3.18. The lowest BCUT2D eigenvalue weighted by Crippen LogP contribution is -2.24. The molecule has 0 amide bonds. The van der Waals surface area contributed by atoms with Crippen LogP contribution >= 0.6 is 0 Å². The fraction of sp³-hybridized carbons (Fsp3) is 0.300. The van der Waals surface area contributed by atoms with Crippen molar-refractivity contribution in [3.05, 3.63) is 34.9 Å². The van der Waals surface area contributed by atoms with E-state index in [0.717, 1.165) is 5.56 Å². The molecule has 0 aliphatic carbocycles. The molecule has 0 saturated carbocycles. The number of benzene rings is 1. The zero-order chi connectivity index (χ0) is 10.7. The second kappa shape index (κ2) is 4.21. The topological polar surface area (TPSA) is 89.3 Å². The van der Waals surface area contributed by atoms with E-state index >= 15 is 0 Å². The van der Waals surface area contributed by atoms with Gasteiger partial charge in [-0.1, -0.05) is 12.1 Å². The average molecular weight is 194 g/mol. The van der Waals surface area contributed by atoms with Crippen LogP contribution in [0.3, 0.4) is 0 Å². The van der Waals surface area contributed by atoms with Gasteiger partial charge in [0.1, 0.15) is 0 Å². The minimum absolute atomic E-state index is 0.239. The maximum atomic E-state index is 10.9. The lowest BCUT2D eigenvalue weighted by molar-refractivity contribution is 0.0695. The van der Waals surface area contributed by atoms with E-state index in [2.05, 4.69) is 0 Å². The molecular formula is C10H14N2O2. The van der Waals surface area contributed by atoms with E-state index in [9.17, 15) is 4.79 Å². The molecular weight excluding hydrogens is 180 g/mol. The van der Waals surface area contributed by atoms with Crippen molar-refractivity contribution in [2.75, 3.05) is 6.54 Å². The summed E-state index contributed by atoms with van der Waals surface area (Å²) in [7, 11) is 0. The first-order valence-corrected chi connectivity index (χ1v) is 4.36. The van der Waals surface area contributed by atoms with Gasteiger partial charge in [-0.15, -0.1) is 0 Å². The average Bonchev–Trinajstić information content (AvgIpc) is 2.16. The number of carboxylic acids is 1. The highest BCUT2D eigenvalue weighted by Gasteiger charge is 2.16. The summed E-state index contributed by atoms with van der Waals surface area (Å²) in [6.45, 7) is 2.07. The lowest BCUT2D eigenvalue weighted by Gasteiger charge is -2.15. The summed E-state index contributed by atoms with van der Waals surface area (Å²) < 4.78 is 0. The van der Waals surface area contributed by atoms with Gasteiger partial charge in [-0.2, -0.15) is 0 Å². The molecule has 76 valence electrons. The number of rotatable bonds is 3. The first kappa shape index (κ1) is 10.7. The third-order valence-electron chi connectivity index (χ3n) is 2.18. The zero-order valence-corrected chi connectivity index (χ0v) is 8.03. The third-order valence-corrected chi connectivity index (χ3v) is 2.18. The van der Waals surface area contributed by atoms with Crippen LogP contribution in [0.1, 0.15) is 27.5 Å². The standard InChI is InChI=1S/C10H14N2O2/c1-6-3-2-4-7(10(13)14)9(6)8(12)5-11/h2-4,8H,5,11-12H2,1H3,(H,13,14)/t8-/m1/s1. The molecule has 1 aromatic carbocycles. The highest BCUT2D eigenvalue weighted by molar-refractivity contribution is 5.90. The molecule has 0 bridgehead atoms. The van der Waals surface area contributed by atoms with Gasteiger partial charge in [0.05, 0.1) is 5.56 Å². The highest BCUT2D eigenvalue weighted by atomic mass is 16.4. The second-order valence-corrected chi connectivity index (χ2v) is 3.18. The molecule has 1 aromatic rings. The van der Waals surface area contributed by atoms with Gasteiger partial charge in [0.2, 0.25) is 0 Å². The maximum absolute atomic E-state index is 10.9. The number of carboxylic acid groups (broad SMARTS) is 1. The number of aryl methyl sites for hydroxylation is 1. The van der Waals surface area contributed by atoms with Crippen molar-refractivity contribution in [3.8, 4) is 0 Å². The number of carbonyl (C=O) groups is 1. The van der Waals surface area contributed by atoms with E-state index in [0.29, 0.717) is 5.56 Å². The van der Waals surface area contributed by atoms with Gasteiger partial charge in [0, 0.05) is 12.6 Å². The fourth-order valence-corrected chi connectivity index (χ4v) is 1.48. The molecule has 0 saturated heterocycles. The van der Waals surface area contributed by atoms with Crippen molar-refractivity contribution >= 4 is 5.97 Å². The van der Waals surface area contributed by atoms with Gasteiger partial charge in [0.25, 0.3) is 0 Å². The first-order chi connectivity index (χ1) is 6.57. The smallest absolute Gasteiger partial charge is 0.336 e. The summed E-state index contributed by atoms with van der Waals surface area (Å²) in [4.78, 5) is 10.9. The van der Waals surface area contributed by atoms with E-state index in [-0.39, 0.29) is 12.1 Å². The number of hydrogen-bond acceptors (Lipinski definition) is 3. The Kier molecular flexibility index (Phi) is 3.22. The Labute approximate surface area is 82.5 Å². The van der Waals surface area contributed by atoms with Gasteiger partial charge in [-0.3, -0.25) is 0 Å². The van der Waals surface area contributed by atoms with Crippen molar-refractivity contribution in [1.29, 1.82) is 0 Å². The van der Waals surface area contributed by atoms with Crippen molar-refractivity contribution in [2.24, 2.45) is 11.5 Å². The quantitative estimate of drug-likeness (QED) is 0.659. The van der Waals surface area contributed by atoms with Crippen molar-refractivity contribution in [1.82, 2.24) is 0 Å². The zero-order valence-electron chi connectivity index (χ0n) is 8.03. The summed E-state index contributed by atoms with van der Waals surface area (Å²) in [6, 6.07) is 4.66. The van der Waals surface area contributed by atoms with E-state index in [1.54, 1.807) is 12.1 Å². The van der Waals surface area contributed by atoms with Crippen molar-refractivity contribution in [2.45, 2.75) is 13.0 Å². The summed E-state index contributed by atoms with van der Waals surface area (Å²) in [6.07, 6.45) is 0. The number of aromatic carboxylic acids is 1. The molecule has 4 nitrogen and oxygen atoms in total. The summed E-state index contributed by atoms with van der Waals surface area (Å²) in [5, 5.41) is 8.94. The molecule has 14 heavy (non-hydrogen) atoms. The van der Waals surface area contributed by atoms with Crippen LogP contribution in [0, 0.1) is 6.92 Å². The minimum Gasteiger partial charge on any atom is -0.478 e. The predicted molar refractivity (Wildman–Crippen MR) is 54.1 cm³/mol. The normalized spacial score (nSPS) is 12.5. The third kappa shape index (κ3) is 1.92. The fourth-order valence-electron chi connectivity index (χ4n) is 1.48. The van der Waals surface area contributed by atoms with E-state index in [1.165, 1.54) is 0 Å². The molecule has 0 aliphatic rings. The highest BCUT2D eigenvalue weighted by Crippen LogP contribution is 2.19. The molecule has 0 unspecified atom stereocenters. The Bertz CT molecular complexity index is 350. The predicted octanol–water partition coefficient (Wildman–Crippen LogP) is 0.652. The van der Waals surface area contributed by atoms with Crippen molar-refractivity contribution in [3.63, 3.8) is 0 Å². The van der Waals surface area contributed by atoms with Crippen LogP contribution in [-0.2, 0) is 0 Å². The van der Waals surface area contributed by atoms with E-state index in [4.69, 9.17) is 16.6 Å². The van der Waals surface area contributed by atoms with E-state index in [1.807, 2.05) is 13.0 Å². The van der Waals surface area contributed by atoms with E-state index < -0.39 is 12.0 Å². The van der Waals surface area contributed by atoms with Crippen LogP contribution < -0.4 is 11.5 Å². The lowest BCUT2D eigenvalue weighted by atomic mass is 9.96. The SMILES string of the molecule is Cc1cccc(C(=O)O)c1[C@H](N)CN. The first-order valence-electron chi connectivity index (χ1n) is 4.36. The molecule has 0 spiro atoms. The summed E-state index contributed by atoms with van der Waals surface area (Å²) >= 11 is 0. The monoisotopic (exact) mass is 194 g/mol. The molecule has 5 N–H and O–H groups in total. The molecule has 0 aromatic heterocycles. The van der Waals surface area contributed by atoms with Gasteiger partial charge in [-0.25, -0.2) is 4.79 Å². The molecule has 0 heterocycles. The molecule has 0 aliphatic heterocycles. The maximum Gasteiger partial charge on any atom is 0.336 e. The Morgan fingerprint density at radius 3 is 2.71 bits per heavy atom. The Morgan fingerprint density at radius 1 is 1.57 bits per heavy atom. The molecule has 0 fully saturated rings. The summed E-state index contributed by atoms with van der Waals surface area (Å²) in [5.41, 5.74) is 12.9. The Morgan fingerprint density at radius 2 is 2.21 bits per heavy atom. The van der Waals surface area contributed by atoms with Gasteiger partial charge in [-0.05, 0) is 24.1 Å². The van der Waals surface area contributed by atoms with Gasteiger partial charge < -0.3 is 16.6 Å². The van der Waals surface area contributed by atoms with Crippen LogP contribution in [0.25, 0.3) is 0 Å². The molecule has 1 atom stereocenters. The van der Waals surface area contributed by atoms with Crippen LogP contribution in [-0.4, -0.2) is 17.6 Å². The minimum atomic E-state index is -0.965. The van der Waals surface area contributed by atoms with Crippen LogP contribution in [0.2, 0.25) is 0 Å². The Hall–Kier alpha value is -1.39. The van der Waals surface area contributed by atoms with Crippen LogP contribution in [0.4, 0.5) is 0 Å². The number of hydrogen-bond donors (Lipinski definition) is 3. The largest absolute Gasteiger partial charge is 0.478 e. The van der Waals surface area contributed by atoms with Crippen LogP contribution in [0.5, 0.6) is 0 Å².